The second-order valence-electron chi connectivity index (χ2n) is 7.90. The summed E-state index contributed by atoms with van der Waals surface area (Å²) in [5.41, 5.74) is 6.28. The first kappa shape index (κ1) is 21.0. The first-order valence-corrected chi connectivity index (χ1v) is 11.2. The average molecular weight is 452 g/mol. The lowest BCUT2D eigenvalue weighted by molar-refractivity contribution is -0.115. The quantitative estimate of drug-likeness (QED) is 0.316. The number of nitrogens with one attached hydrogen (secondary N) is 2. The molecule has 0 saturated heterocycles. The Hall–Kier alpha value is -3.89. The summed E-state index contributed by atoms with van der Waals surface area (Å²) in [6.45, 7) is 0.721. The van der Waals surface area contributed by atoms with Gasteiger partial charge in [-0.15, -0.1) is 0 Å². The van der Waals surface area contributed by atoms with Gasteiger partial charge in [0.2, 0.25) is 5.91 Å². The third-order valence-electron chi connectivity index (χ3n) is 5.65. The number of aliphatic imine (C=N–C) groups is 1. The van der Waals surface area contributed by atoms with Gasteiger partial charge in [-0.3, -0.25) is 9.79 Å². The average Bonchev–Trinajstić information content (AvgIpc) is 3.17. The van der Waals surface area contributed by atoms with Crippen molar-refractivity contribution >= 4 is 40.3 Å². The van der Waals surface area contributed by atoms with E-state index in [-0.39, 0.29) is 5.91 Å². The van der Waals surface area contributed by atoms with Gasteiger partial charge in [0.05, 0.1) is 11.4 Å². The molecule has 0 spiro atoms. The molecule has 4 nitrogen and oxygen atoms in total. The Morgan fingerprint density at radius 1 is 0.879 bits per heavy atom. The van der Waals surface area contributed by atoms with E-state index in [1.165, 1.54) is 0 Å². The molecule has 0 radical (unpaired) electrons. The third kappa shape index (κ3) is 4.66. The van der Waals surface area contributed by atoms with Crippen LogP contribution in [0.3, 0.4) is 0 Å². The Labute approximate surface area is 198 Å². The molecule has 0 aromatic heterocycles. The zero-order valence-corrected chi connectivity index (χ0v) is 18.6. The molecule has 1 aliphatic heterocycles. The molecule has 0 saturated carbocycles. The van der Waals surface area contributed by atoms with Crippen LogP contribution in [0.2, 0.25) is 5.02 Å². The van der Waals surface area contributed by atoms with E-state index >= 15 is 0 Å². The van der Waals surface area contributed by atoms with Crippen LogP contribution in [0.15, 0.2) is 108 Å². The molecule has 0 fully saturated rings. The van der Waals surface area contributed by atoms with Crippen LogP contribution in [0.1, 0.15) is 22.6 Å². The molecule has 2 N–H and O–H groups in total. The highest BCUT2D eigenvalue weighted by molar-refractivity contribution is 6.31. The predicted molar refractivity (Wildman–Crippen MR) is 136 cm³/mol. The van der Waals surface area contributed by atoms with Crippen molar-refractivity contribution in [3.8, 4) is 0 Å². The lowest BCUT2D eigenvalue weighted by atomic mass is 9.90. The molecule has 1 amide bonds. The highest BCUT2D eigenvalue weighted by Gasteiger charge is 2.35. The topological polar surface area (TPSA) is 53.5 Å². The highest BCUT2D eigenvalue weighted by atomic mass is 35.5. The Kier molecular flexibility index (Phi) is 5.92. The molecule has 4 aromatic rings. The molecule has 0 aliphatic carbocycles. The second-order valence-corrected chi connectivity index (χ2v) is 8.34. The van der Waals surface area contributed by atoms with E-state index in [2.05, 4.69) is 22.8 Å². The standard InChI is InChI=1S/C28H22ClN3O/c29-21-13-16-24-25(17-21)32-28(33)26(24)27(20-7-3-1-4-8-20)31-23-14-11-19(12-15-23)18-30-22-9-5-2-6-10-22/h1-17,26,30H,18H2,(H,32,33). The molecule has 1 aliphatic rings. The first-order chi connectivity index (χ1) is 16.2. The SMILES string of the molecule is O=C1Nc2cc(Cl)ccc2C1C(=Nc1ccc(CNc2ccccc2)cc1)c1ccccc1. The van der Waals surface area contributed by atoms with Gasteiger partial charge >= 0.3 is 0 Å². The van der Waals surface area contributed by atoms with Crippen LogP contribution in [0.4, 0.5) is 17.1 Å². The van der Waals surface area contributed by atoms with Gasteiger partial charge in [0.25, 0.3) is 0 Å². The van der Waals surface area contributed by atoms with Crippen LogP contribution in [-0.4, -0.2) is 11.6 Å². The van der Waals surface area contributed by atoms with Crippen molar-refractivity contribution < 1.29 is 4.79 Å². The van der Waals surface area contributed by atoms with Gasteiger partial charge < -0.3 is 10.6 Å². The van der Waals surface area contributed by atoms with Crippen molar-refractivity contribution in [2.24, 2.45) is 4.99 Å². The Morgan fingerprint density at radius 2 is 1.58 bits per heavy atom. The summed E-state index contributed by atoms with van der Waals surface area (Å²) in [6.07, 6.45) is 0. The molecule has 4 aromatic carbocycles. The molecular weight excluding hydrogens is 430 g/mol. The van der Waals surface area contributed by atoms with Gasteiger partial charge in [-0.1, -0.05) is 78.3 Å². The van der Waals surface area contributed by atoms with E-state index in [0.717, 1.165) is 40.3 Å². The maximum Gasteiger partial charge on any atom is 0.238 e. The number of carbonyl (C=O) groups is 1. The number of fused-ring (bicyclic) bond motifs is 1. The van der Waals surface area contributed by atoms with Gasteiger partial charge in [-0.25, -0.2) is 0 Å². The number of hydrogen-bond acceptors (Lipinski definition) is 3. The van der Waals surface area contributed by atoms with Crippen molar-refractivity contribution in [2.75, 3.05) is 10.6 Å². The molecular formula is C28H22ClN3O. The predicted octanol–water partition coefficient (Wildman–Crippen LogP) is 6.81. The molecule has 1 atom stereocenters. The number of halogens is 1. The minimum absolute atomic E-state index is 0.0986. The van der Waals surface area contributed by atoms with Gasteiger partial charge in [0.1, 0.15) is 5.92 Å². The molecule has 33 heavy (non-hydrogen) atoms. The fraction of sp³-hybridized carbons (Fsp3) is 0.0714. The van der Waals surface area contributed by atoms with Crippen LogP contribution in [0.25, 0.3) is 0 Å². The number of carbonyl (C=O) groups excluding carboxylic acids is 1. The summed E-state index contributed by atoms with van der Waals surface area (Å²) in [6, 6.07) is 33.5. The molecule has 5 rings (SSSR count). The lowest BCUT2D eigenvalue weighted by Gasteiger charge is -2.14. The second kappa shape index (κ2) is 9.31. The number of nitrogens with zero attached hydrogens (tertiary/aromatic N) is 1. The molecule has 0 bridgehead atoms. The minimum atomic E-state index is -0.501. The smallest absolute Gasteiger partial charge is 0.238 e. The summed E-state index contributed by atoms with van der Waals surface area (Å²) in [4.78, 5) is 17.9. The van der Waals surface area contributed by atoms with Gasteiger partial charge in [0.15, 0.2) is 0 Å². The summed E-state index contributed by atoms with van der Waals surface area (Å²) in [5, 5.41) is 6.96. The lowest BCUT2D eigenvalue weighted by Crippen LogP contribution is -2.21. The van der Waals surface area contributed by atoms with Crippen LogP contribution in [0.5, 0.6) is 0 Å². The fourth-order valence-corrected chi connectivity index (χ4v) is 4.17. The van der Waals surface area contributed by atoms with E-state index in [1.54, 1.807) is 6.07 Å². The minimum Gasteiger partial charge on any atom is -0.381 e. The van der Waals surface area contributed by atoms with Gasteiger partial charge in [-0.2, -0.15) is 0 Å². The number of benzene rings is 4. The van der Waals surface area contributed by atoms with Crippen molar-refractivity contribution in [3.63, 3.8) is 0 Å². The maximum absolute atomic E-state index is 13.0. The summed E-state index contributed by atoms with van der Waals surface area (Å²) >= 11 is 6.14. The molecule has 162 valence electrons. The molecule has 1 unspecified atom stereocenters. The normalized spacial score (nSPS) is 15.1. The number of para-hydroxylation sites is 1. The maximum atomic E-state index is 13.0. The van der Waals surface area contributed by atoms with Crippen molar-refractivity contribution in [3.05, 3.63) is 125 Å². The summed E-state index contributed by atoms with van der Waals surface area (Å²) < 4.78 is 0. The van der Waals surface area contributed by atoms with E-state index in [4.69, 9.17) is 16.6 Å². The highest BCUT2D eigenvalue weighted by Crippen LogP contribution is 2.37. The number of amides is 1. The molecule has 1 heterocycles. The Morgan fingerprint density at radius 3 is 2.30 bits per heavy atom. The van der Waals surface area contributed by atoms with Crippen molar-refractivity contribution in [1.82, 2.24) is 0 Å². The number of hydrogen-bond donors (Lipinski definition) is 2. The largest absolute Gasteiger partial charge is 0.381 e. The third-order valence-corrected chi connectivity index (χ3v) is 5.88. The Bertz CT molecular complexity index is 1300. The summed E-state index contributed by atoms with van der Waals surface area (Å²) in [5.74, 6) is -0.599. The van der Waals surface area contributed by atoms with Crippen LogP contribution >= 0.6 is 11.6 Å². The van der Waals surface area contributed by atoms with E-state index in [1.807, 2.05) is 84.9 Å². The Balaban J connectivity index is 1.46. The molecule has 5 heteroatoms. The van der Waals surface area contributed by atoms with E-state index in [0.29, 0.717) is 10.7 Å². The fourth-order valence-electron chi connectivity index (χ4n) is 4.00. The van der Waals surface area contributed by atoms with Crippen LogP contribution in [-0.2, 0) is 11.3 Å². The van der Waals surface area contributed by atoms with Crippen molar-refractivity contribution in [1.29, 1.82) is 0 Å². The van der Waals surface area contributed by atoms with Gasteiger partial charge in [0, 0.05) is 22.9 Å². The number of rotatable bonds is 6. The zero-order chi connectivity index (χ0) is 22.6. The van der Waals surface area contributed by atoms with E-state index in [9.17, 15) is 4.79 Å². The number of anilines is 2. The van der Waals surface area contributed by atoms with E-state index < -0.39 is 5.92 Å². The van der Waals surface area contributed by atoms with Gasteiger partial charge in [-0.05, 0) is 53.1 Å². The van der Waals surface area contributed by atoms with Crippen LogP contribution in [0, 0.1) is 0 Å². The monoisotopic (exact) mass is 451 g/mol. The summed E-state index contributed by atoms with van der Waals surface area (Å²) in [7, 11) is 0. The zero-order valence-electron chi connectivity index (χ0n) is 17.8. The van der Waals surface area contributed by atoms with Crippen molar-refractivity contribution in [2.45, 2.75) is 12.5 Å². The van der Waals surface area contributed by atoms with Crippen LogP contribution < -0.4 is 10.6 Å². The first-order valence-electron chi connectivity index (χ1n) is 10.8.